The van der Waals surface area contributed by atoms with Gasteiger partial charge in [-0.15, -0.1) is 11.3 Å². The van der Waals surface area contributed by atoms with Gasteiger partial charge in [-0.25, -0.2) is 0 Å². The molecule has 90 valence electrons. The zero-order valence-electron chi connectivity index (χ0n) is 10.0. The lowest BCUT2D eigenvalue weighted by atomic mass is 9.99. The fraction of sp³-hybridized carbons (Fsp3) is 0.692. The zero-order chi connectivity index (χ0) is 11.2. The largest absolute Gasteiger partial charge is 0.316 e. The molecule has 1 aromatic rings. The predicted molar refractivity (Wildman–Crippen MR) is 71.1 cm³/mol. The number of piperidine rings is 1. The number of thiophene rings is 1. The molecule has 1 aliphatic heterocycles. The Morgan fingerprint density at radius 2 is 2.56 bits per heavy atom. The van der Waals surface area contributed by atoms with Crippen LogP contribution in [0, 0.1) is 5.92 Å². The van der Waals surface area contributed by atoms with E-state index in [9.17, 15) is 0 Å². The molecule has 2 atom stereocenters. The van der Waals surface area contributed by atoms with Crippen molar-refractivity contribution in [2.24, 2.45) is 5.92 Å². The van der Waals surface area contributed by atoms with Gasteiger partial charge in [-0.05, 0) is 63.2 Å². The second kappa shape index (κ2) is 6.38. The molecule has 1 aromatic heterocycles. The SMILES string of the molecule is CC(Cc1cccs1)NCC1CCCNC1. The second-order valence-electron chi connectivity index (χ2n) is 4.81. The Balaban J connectivity index is 1.65. The van der Waals surface area contributed by atoms with Gasteiger partial charge in [-0.1, -0.05) is 6.07 Å². The monoisotopic (exact) mass is 238 g/mol. The minimum absolute atomic E-state index is 0.598. The summed E-state index contributed by atoms with van der Waals surface area (Å²) in [7, 11) is 0. The van der Waals surface area contributed by atoms with Crippen LogP contribution in [0.4, 0.5) is 0 Å². The van der Waals surface area contributed by atoms with E-state index in [1.165, 1.54) is 37.4 Å². The summed E-state index contributed by atoms with van der Waals surface area (Å²) in [4.78, 5) is 1.49. The third-order valence-corrected chi connectivity index (χ3v) is 4.14. The van der Waals surface area contributed by atoms with Gasteiger partial charge in [0.25, 0.3) is 0 Å². The first-order chi connectivity index (χ1) is 7.84. The van der Waals surface area contributed by atoms with Crippen LogP contribution in [-0.4, -0.2) is 25.7 Å². The van der Waals surface area contributed by atoms with Crippen LogP contribution in [0.25, 0.3) is 0 Å². The van der Waals surface area contributed by atoms with Gasteiger partial charge in [0.05, 0.1) is 0 Å². The molecular weight excluding hydrogens is 216 g/mol. The number of hydrogen-bond donors (Lipinski definition) is 2. The molecule has 0 aliphatic carbocycles. The van der Waals surface area contributed by atoms with Crippen molar-refractivity contribution in [2.45, 2.75) is 32.2 Å². The van der Waals surface area contributed by atoms with Crippen LogP contribution in [0.15, 0.2) is 17.5 Å². The van der Waals surface area contributed by atoms with Crippen molar-refractivity contribution in [1.29, 1.82) is 0 Å². The molecule has 1 saturated heterocycles. The molecule has 0 bridgehead atoms. The molecule has 1 fully saturated rings. The maximum absolute atomic E-state index is 3.66. The first kappa shape index (κ1) is 12.1. The van der Waals surface area contributed by atoms with E-state index in [-0.39, 0.29) is 0 Å². The third kappa shape index (κ3) is 3.89. The topological polar surface area (TPSA) is 24.1 Å². The van der Waals surface area contributed by atoms with Crippen LogP contribution in [0.1, 0.15) is 24.6 Å². The standard InChI is InChI=1S/C13H22N2S/c1-11(8-13-5-3-7-16-13)15-10-12-4-2-6-14-9-12/h3,5,7,11-12,14-15H,2,4,6,8-10H2,1H3. The Morgan fingerprint density at radius 1 is 1.62 bits per heavy atom. The maximum atomic E-state index is 3.66. The molecule has 0 aromatic carbocycles. The lowest BCUT2D eigenvalue weighted by molar-refractivity contribution is 0.346. The number of hydrogen-bond acceptors (Lipinski definition) is 3. The summed E-state index contributed by atoms with van der Waals surface area (Å²) in [6.45, 7) is 5.86. The van der Waals surface area contributed by atoms with E-state index in [2.05, 4.69) is 35.1 Å². The van der Waals surface area contributed by atoms with Crippen LogP contribution >= 0.6 is 11.3 Å². The van der Waals surface area contributed by atoms with Gasteiger partial charge in [0.1, 0.15) is 0 Å². The fourth-order valence-corrected chi connectivity index (χ4v) is 3.10. The molecule has 16 heavy (non-hydrogen) atoms. The van der Waals surface area contributed by atoms with E-state index in [1.807, 2.05) is 11.3 Å². The normalized spacial score (nSPS) is 23.2. The summed E-state index contributed by atoms with van der Waals surface area (Å²) in [5.74, 6) is 0.833. The van der Waals surface area contributed by atoms with Crippen LogP contribution in [0.5, 0.6) is 0 Å². The van der Waals surface area contributed by atoms with Crippen molar-refractivity contribution in [2.75, 3.05) is 19.6 Å². The number of rotatable bonds is 5. The van der Waals surface area contributed by atoms with Crippen LogP contribution < -0.4 is 10.6 Å². The Labute approximate surface area is 102 Å². The van der Waals surface area contributed by atoms with Crippen molar-refractivity contribution < 1.29 is 0 Å². The van der Waals surface area contributed by atoms with Gasteiger partial charge in [-0.3, -0.25) is 0 Å². The van der Waals surface area contributed by atoms with Gasteiger partial charge in [0, 0.05) is 10.9 Å². The molecule has 0 amide bonds. The highest BCUT2D eigenvalue weighted by Gasteiger charge is 2.13. The van der Waals surface area contributed by atoms with Crippen LogP contribution in [-0.2, 0) is 6.42 Å². The summed E-state index contributed by atoms with van der Waals surface area (Å²) in [6.07, 6.45) is 3.88. The van der Waals surface area contributed by atoms with Gasteiger partial charge in [0.2, 0.25) is 0 Å². The lowest BCUT2D eigenvalue weighted by Crippen LogP contribution is -2.39. The second-order valence-corrected chi connectivity index (χ2v) is 5.84. The molecule has 2 N–H and O–H groups in total. The Kier molecular flexibility index (Phi) is 4.82. The summed E-state index contributed by atoms with van der Waals surface area (Å²) >= 11 is 1.86. The molecule has 2 heterocycles. The minimum Gasteiger partial charge on any atom is -0.316 e. The first-order valence-corrected chi connectivity index (χ1v) is 7.19. The van der Waals surface area contributed by atoms with Crippen molar-refractivity contribution >= 4 is 11.3 Å². The molecule has 2 nitrogen and oxygen atoms in total. The molecule has 0 saturated carbocycles. The Hall–Kier alpha value is -0.380. The number of nitrogens with one attached hydrogen (secondary N) is 2. The smallest absolute Gasteiger partial charge is 0.00871 e. The molecule has 0 spiro atoms. The lowest BCUT2D eigenvalue weighted by Gasteiger charge is -2.24. The zero-order valence-corrected chi connectivity index (χ0v) is 10.9. The van der Waals surface area contributed by atoms with Crippen LogP contribution in [0.2, 0.25) is 0 Å². The Morgan fingerprint density at radius 3 is 3.25 bits per heavy atom. The highest BCUT2D eigenvalue weighted by molar-refractivity contribution is 7.09. The molecule has 1 aliphatic rings. The van der Waals surface area contributed by atoms with Crippen molar-refractivity contribution in [1.82, 2.24) is 10.6 Å². The minimum atomic E-state index is 0.598. The Bertz CT molecular complexity index is 278. The van der Waals surface area contributed by atoms with Crippen LogP contribution in [0.3, 0.4) is 0 Å². The van der Waals surface area contributed by atoms with E-state index < -0.39 is 0 Å². The van der Waals surface area contributed by atoms with Gasteiger partial charge < -0.3 is 10.6 Å². The highest BCUT2D eigenvalue weighted by atomic mass is 32.1. The third-order valence-electron chi connectivity index (χ3n) is 3.24. The quantitative estimate of drug-likeness (QED) is 0.822. The first-order valence-electron chi connectivity index (χ1n) is 6.31. The van der Waals surface area contributed by atoms with Gasteiger partial charge in [-0.2, -0.15) is 0 Å². The molecule has 0 radical (unpaired) electrons. The van der Waals surface area contributed by atoms with E-state index in [0.29, 0.717) is 6.04 Å². The van der Waals surface area contributed by atoms with Gasteiger partial charge >= 0.3 is 0 Å². The summed E-state index contributed by atoms with van der Waals surface area (Å²) in [6, 6.07) is 4.96. The summed E-state index contributed by atoms with van der Waals surface area (Å²) in [5.41, 5.74) is 0. The molecular formula is C13H22N2S. The van der Waals surface area contributed by atoms with Crippen molar-refractivity contribution in [3.05, 3.63) is 22.4 Å². The molecule has 2 unspecified atom stereocenters. The van der Waals surface area contributed by atoms with Crippen molar-refractivity contribution in [3.63, 3.8) is 0 Å². The fourth-order valence-electron chi connectivity index (χ4n) is 2.27. The van der Waals surface area contributed by atoms with Crippen molar-refractivity contribution in [3.8, 4) is 0 Å². The van der Waals surface area contributed by atoms with Gasteiger partial charge in [0.15, 0.2) is 0 Å². The summed E-state index contributed by atoms with van der Waals surface area (Å²) < 4.78 is 0. The van der Waals surface area contributed by atoms with E-state index in [0.717, 1.165) is 12.3 Å². The molecule has 2 rings (SSSR count). The average molecular weight is 238 g/mol. The van der Waals surface area contributed by atoms with E-state index in [4.69, 9.17) is 0 Å². The predicted octanol–water partition coefficient (Wildman–Crippen LogP) is 2.27. The maximum Gasteiger partial charge on any atom is 0.00871 e. The highest BCUT2D eigenvalue weighted by Crippen LogP contribution is 2.12. The van der Waals surface area contributed by atoms with E-state index in [1.54, 1.807) is 0 Å². The molecule has 3 heteroatoms. The summed E-state index contributed by atoms with van der Waals surface area (Å²) in [5, 5.41) is 9.28. The van der Waals surface area contributed by atoms with E-state index >= 15 is 0 Å². The average Bonchev–Trinajstić information content (AvgIpc) is 2.81.